The molecule has 18 heavy (non-hydrogen) atoms. The van der Waals surface area contributed by atoms with Crippen molar-refractivity contribution in [2.75, 3.05) is 23.7 Å². The third kappa shape index (κ3) is 3.09. The lowest BCUT2D eigenvalue weighted by atomic mass is 10.1. The summed E-state index contributed by atoms with van der Waals surface area (Å²) in [6, 6.07) is 0. The topological polar surface area (TPSA) is 29.0 Å². The van der Waals surface area contributed by atoms with E-state index >= 15 is 0 Å². The molecule has 100 valence electrons. The van der Waals surface area contributed by atoms with E-state index in [1.807, 2.05) is 25.6 Å². The molecule has 0 saturated carbocycles. The Morgan fingerprint density at radius 2 is 1.94 bits per heavy atom. The first-order chi connectivity index (χ1) is 8.39. The van der Waals surface area contributed by atoms with Crippen LogP contribution in [0.3, 0.4) is 0 Å². The van der Waals surface area contributed by atoms with Crippen molar-refractivity contribution in [2.24, 2.45) is 0 Å². The maximum absolute atomic E-state index is 6.15. The number of anilines is 1. The molecule has 5 heteroatoms. The van der Waals surface area contributed by atoms with Crippen molar-refractivity contribution >= 4 is 29.2 Å². The van der Waals surface area contributed by atoms with Crippen LogP contribution in [-0.4, -0.2) is 33.6 Å². The summed E-state index contributed by atoms with van der Waals surface area (Å²) in [4.78, 5) is 11.1. The van der Waals surface area contributed by atoms with Crippen molar-refractivity contribution in [3.05, 3.63) is 16.5 Å². The summed E-state index contributed by atoms with van der Waals surface area (Å²) in [6.45, 7) is 10.6. The van der Waals surface area contributed by atoms with Gasteiger partial charge in [0, 0.05) is 29.2 Å². The van der Waals surface area contributed by atoms with Gasteiger partial charge in [0.15, 0.2) is 0 Å². The van der Waals surface area contributed by atoms with Gasteiger partial charge in [0.25, 0.3) is 0 Å². The monoisotopic (exact) mass is 285 g/mol. The van der Waals surface area contributed by atoms with E-state index in [2.05, 4.69) is 28.7 Å². The molecule has 1 aliphatic rings. The van der Waals surface area contributed by atoms with Crippen LogP contribution in [0, 0.1) is 13.8 Å². The zero-order valence-electron chi connectivity index (χ0n) is 11.5. The van der Waals surface area contributed by atoms with Crippen LogP contribution >= 0.6 is 23.4 Å². The highest BCUT2D eigenvalue weighted by Crippen LogP contribution is 2.33. The smallest absolute Gasteiger partial charge is 0.137 e. The third-order valence-electron chi connectivity index (χ3n) is 3.31. The molecule has 0 aromatic carbocycles. The number of rotatable bonds is 1. The zero-order chi connectivity index (χ0) is 13.3. The Bertz CT molecular complexity index is 448. The van der Waals surface area contributed by atoms with Crippen LogP contribution < -0.4 is 4.90 Å². The summed E-state index contributed by atoms with van der Waals surface area (Å²) in [5, 5.41) is 0.577. The SMILES string of the molecule is Cc1nc(Cl)c(C)c(N2CCSC(C)(C)CC2)n1. The van der Waals surface area contributed by atoms with Crippen molar-refractivity contribution in [3.63, 3.8) is 0 Å². The molecule has 3 nitrogen and oxygen atoms in total. The first-order valence-electron chi connectivity index (χ1n) is 6.29. The number of halogens is 1. The second-order valence-corrected chi connectivity index (χ2v) is 7.52. The minimum Gasteiger partial charge on any atom is -0.355 e. The Morgan fingerprint density at radius 3 is 2.67 bits per heavy atom. The predicted molar refractivity (Wildman–Crippen MR) is 79.9 cm³/mol. The maximum atomic E-state index is 6.15. The summed E-state index contributed by atoms with van der Waals surface area (Å²) < 4.78 is 0.356. The van der Waals surface area contributed by atoms with Gasteiger partial charge in [-0.05, 0) is 20.3 Å². The van der Waals surface area contributed by atoms with E-state index in [1.165, 1.54) is 0 Å². The van der Waals surface area contributed by atoms with Gasteiger partial charge in [-0.25, -0.2) is 9.97 Å². The van der Waals surface area contributed by atoms with Crippen LogP contribution in [0.25, 0.3) is 0 Å². The molecular weight excluding hydrogens is 266 g/mol. The predicted octanol–water partition coefficient (Wildman–Crippen LogP) is 3.47. The quantitative estimate of drug-likeness (QED) is 0.739. The number of nitrogens with zero attached hydrogens (tertiary/aromatic N) is 3. The highest BCUT2D eigenvalue weighted by molar-refractivity contribution is 8.00. The fourth-order valence-electron chi connectivity index (χ4n) is 2.12. The lowest BCUT2D eigenvalue weighted by molar-refractivity contribution is 0.633. The Kier molecular flexibility index (Phi) is 4.07. The Labute approximate surface area is 118 Å². The fourth-order valence-corrected chi connectivity index (χ4v) is 3.43. The molecule has 1 aliphatic heterocycles. The van der Waals surface area contributed by atoms with E-state index in [-0.39, 0.29) is 0 Å². The van der Waals surface area contributed by atoms with Crippen molar-refractivity contribution in [1.82, 2.24) is 9.97 Å². The lowest BCUT2D eigenvalue weighted by Crippen LogP contribution is -2.29. The van der Waals surface area contributed by atoms with E-state index in [0.29, 0.717) is 9.90 Å². The Hall–Kier alpha value is -0.480. The minimum atomic E-state index is 0.356. The van der Waals surface area contributed by atoms with E-state index in [1.54, 1.807) is 0 Å². The molecule has 1 aromatic heterocycles. The highest BCUT2D eigenvalue weighted by atomic mass is 35.5. The number of hydrogen-bond acceptors (Lipinski definition) is 4. The molecule has 2 rings (SSSR count). The number of aromatic nitrogens is 2. The molecule has 0 bridgehead atoms. The first kappa shape index (κ1) is 13.9. The second-order valence-electron chi connectivity index (χ2n) is 5.36. The third-order valence-corrected chi connectivity index (χ3v) is 5.05. The van der Waals surface area contributed by atoms with E-state index in [0.717, 1.165) is 42.5 Å². The minimum absolute atomic E-state index is 0.356. The van der Waals surface area contributed by atoms with Gasteiger partial charge in [-0.2, -0.15) is 11.8 Å². The van der Waals surface area contributed by atoms with Gasteiger partial charge >= 0.3 is 0 Å². The van der Waals surface area contributed by atoms with E-state index < -0.39 is 0 Å². The molecule has 0 radical (unpaired) electrons. The number of aryl methyl sites for hydroxylation is 1. The van der Waals surface area contributed by atoms with Gasteiger partial charge in [0.2, 0.25) is 0 Å². The number of hydrogen-bond donors (Lipinski definition) is 0. The summed E-state index contributed by atoms with van der Waals surface area (Å²) in [6.07, 6.45) is 1.16. The van der Waals surface area contributed by atoms with Gasteiger partial charge < -0.3 is 4.90 Å². The molecule has 0 amide bonds. The second kappa shape index (κ2) is 5.25. The molecule has 1 aromatic rings. The number of thioether (sulfide) groups is 1. The van der Waals surface area contributed by atoms with Crippen molar-refractivity contribution in [1.29, 1.82) is 0 Å². The normalized spacial score (nSPS) is 19.7. The summed E-state index contributed by atoms with van der Waals surface area (Å²) in [7, 11) is 0. The fraction of sp³-hybridized carbons (Fsp3) is 0.692. The average Bonchev–Trinajstić information content (AvgIpc) is 2.45. The van der Waals surface area contributed by atoms with Crippen molar-refractivity contribution < 1.29 is 0 Å². The molecule has 1 saturated heterocycles. The van der Waals surface area contributed by atoms with Gasteiger partial charge in [0.1, 0.15) is 16.8 Å². The van der Waals surface area contributed by atoms with Crippen molar-refractivity contribution in [2.45, 2.75) is 38.9 Å². The van der Waals surface area contributed by atoms with Crippen LogP contribution in [0.1, 0.15) is 31.7 Å². The Balaban J connectivity index is 2.26. The van der Waals surface area contributed by atoms with E-state index in [9.17, 15) is 0 Å². The van der Waals surface area contributed by atoms with Crippen LogP contribution in [0.5, 0.6) is 0 Å². The van der Waals surface area contributed by atoms with E-state index in [4.69, 9.17) is 11.6 Å². The van der Waals surface area contributed by atoms with Crippen LogP contribution in [0.4, 0.5) is 5.82 Å². The van der Waals surface area contributed by atoms with Gasteiger partial charge in [0.05, 0.1) is 0 Å². The maximum Gasteiger partial charge on any atom is 0.137 e. The molecule has 0 atom stereocenters. The lowest BCUT2D eigenvalue weighted by Gasteiger charge is -2.25. The van der Waals surface area contributed by atoms with Gasteiger partial charge in [-0.1, -0.05) is 25.4 Å². The zero-order valence-corrected chi connectivity index (χ0v) is 13.0. The largest absolute Gasteiger partial charge is 0.355 e. The molecule has 2 heterocycles. The standard InChI is InChI=1S/C13H20ClN3S/c1-9-11(14)15-10(2)16-12(9)17-6-5-13(3,4)18-8-7-17/h5-8H2,1-4H3. The van der Waals surface area contributed by atoms with Crippen LogP contribution in [0.15, 0.2) is 0 Å². The molecular formula is C13H20ClN3S. The Morgan fingerprint density at radius 1 is 1.22 bits per heavy atom. The molecule has 1 fully saturated rings. The molecule has 0 aliphatic carbocycles. The summed E-state index contributed by atoms with van der Waals surface area (Å²) >= 11 is 8.19. The van der Waals surface area contributed by atoms with Gasteiger partial charge in [-0.3, -0.25) is 0 Å². The molecule has 0 N–H and O–H groups in total. The van der Waals surface area contributed by atoms with Crippen LogP contribution in [-0.2, 0) is 0 Å². The average molecular weight is 286 g/mol. The van der Waals surface area contributed by atoms with Crippen molar-refractivity contribution in [3.8, 4) is 0 Å². The van der Waals surface area contributed by atoms with Gasteiger partial charge in [-0.15, -0.1) is 0 Å². The summed E-state index contributed by atoms with van der Waals surface area (Å²) in [5.41, 5.74) is 0.993. The molecule has 0 unspecified atom stereocenters. The highest BCUT2D eigenvalue weighted by Gasteiger charge is 2.25. The first-order valence-corrected chi connectivity index (χ1v) is 7.65. The molecule has 0 spiro atoms. The summed E-state index contributed by atoms with van der Waals surface area (Å²) in [5.74, 6) is 2.88. The van der Waals surface area contributed by atoms with Crippen LogP contribution in [0.2, 0.25) is 5.15 Å².